The van der Waals surface area contributed by atoms with Crippen molar-refractivity contribution in [1.29, 1.82) is 0 Å². The van der Waals surface area contributed by atoms with Crippen molar-refractivity contribution >= 4 is 16.7 Å². The fraction of sp³-hybridized carbons (Fsp3) is 0.333. The highest BCUT2D eigenvalue weighted by Crippen LogP contribution is 2.24. The number of aromatic amines is 1. The summed E-state index contributed by atoms with van der Waals surface area (Å²) in [6, 6.07) is 6.77. The Morgan fingerprint density at radius 3 is 2.85 bits per heavy atom. The molecule has 5 nitrogen and oxygen atoms in total. The van der Waals surface area contributed by atoms with Gasteiger partial charge in [0.1, 0.15) is 5.75 Å². The van der Waals surface area contributed by atoms with Crippen LogP contribution in [0.3, 0.4) is 0 Å². The van der Waals surface area contributed by atoms with E-state index in [2.05, 4.69) is 4.98 Å². The molecule has 20 heavy (non-hydrogen) atoms. The summed E-state index contributed by atoms with van der Waals surface area (Å²) in [5.74, 6) is -0.558. The first-order valence-corrected chi connectivity index (χ1v) is 6.63. The van der Waals surface area contributed by atoms with Crippen molar-refractivity contribution in [3.63, 3.8) is 0 Å². The van der Waals surface area contributed by atoms with Gasteiger partial charge in [0.2, 0.25) is 0 Å². The summed E-state index contributed by atoms with van der Waals surface area (Å²) < 4.78 is 5.59. The normalized spacial score (nSPS) is 12.2. The van der Waals surface area contributed by atoms with Gasteiger partial charge in [-0.15, -0.1) is 0 Å². The molecule has 0 fully saturated rings. The number of pyridine rings is 1. The lowest BCUT2D eigenvalue weighted by Crippen LogP contribution is -2.27. The zero-order valence-corrected chi connectivity index (χ0v) is 11.3. The Bertz CT molecular complexity index is 662. The SMILES string of the molecule is CCCCC(Oc1cccc2c(=O)[nH]ccc12)C(=O)O. The molecular weight excluding hydrogens is 258 g/mol. The molecule has 5 heteroatoms. The molecule has 0 amide bonds. The predicted molar refractivity (Wildman–Crippen MR) is 76.1 cm³/mol. The van der Waals surface area contributed by atoms with Gasteiger partial charge >= 0.3 is 5.97 Å². The number of carbonyl (C=O) groups is 1. The van der Waals surface area contributed by atoms with Crippen LogP contribution in [0.15, 0.2) is 35.3 Å². The molecule has 0 aliphatic carbocycles. The summed E-state index contributed by atoms with van der Waals surface area (Å²) in [6.45, 7) is 2.00. The van der Waals surface area contributed by atoms with Crippen LogP contribution in [0.1, 0.15) is 26.2 Å². The number of fused-ring (bicyclic) bond motifs is 1. The van der Waals surface area contributed by atoms with Gasteiger partial charge in [-0.2, -0.15) is 0 Å². The highest BCUT2D eigenvalue weighted by molar-refractivity contribution is 5.87. The number of H-pyrrole nitrogens is 1. The van der Waals surface area contributed by atoms with Gasteiger partial charge in [-0.25, -0.2) is 4.79 Å². The molecule has 1 atom stereocenters. The molecule has 0 aliphatic heterocycles. The van der Waals surface area contributed by atoms with Crippen molar-refractivity contribution in [3.8, 4) is 5.75 Å². The van der Waals surface area contributed by atoms with E-state index in [4.69, 9.17) is 4.74 Å². The maximum absolute atomic E-state index is 11.7. The third kappa shape index (κ3) is 2.99. The van der Waals surface area contributed by atoms with Crippen molar-refractivity contribution < 1.29 is 14.6 Å². The van der Waals surface area contributed by atoms with Gasteiger partial charge in [0.05, 0.1) is 5.39 Å². The zero-order valence-electron chi connectivity index (χ0n) is 11.3. The number of unbranched alkanes of at least 4 members (excludes halogenated alkanes) is 1. The summed E-state index contributed by atoms with van der Waals surface area (Å²) in [6.07, 6.45) is 2.77. The number of aliphatic carboxylic acids is 1. The highest BCUT2D eigenvalue weighted by atomic mass is 16.5. The average molecular weight is 275 g/mol. The summed E-state index contributed by atoms with van der Waals surface area (Å²) in [4.78, 5) is 25.5. The Balaban J connectivity index is 2.35. The predicted octanol–water partition coefficient (Wildman–Crippen LogP) is 2.55. The molecule has 0 spiro atoms. The van der Waals surface area contributed by atoms with E-state index in [0.717, 1.165) is 12.8 Å². The third-order valence-corrected chi connectivity index (χ3v) is 3.14. The smallest absolute Gasteiger partial charge is 0.344 e. The summed E-state index contributed by atoms with van der Waals surface area (Å²) in [5.41, 5.74) is -0.214. The van der Waals surface area contributed by atoms with Crippen LogP contribution < -0.4 is 10.3 Å². The quantitative estimate of drug-likeness (QED) is 0.849. The molecule has 0 aliphatic rings. The molecule has 1 unspecified atom stereocenters. The van der Waals surface area contributed by atoms with Crippen LogP contribution in [0.5, 0.6) is 5.75 Å². The first-order valence-electron chi connectivity index (χ1n) is 6.63. The molecule has 1 aromatic carbocycles. The molecule has 0 saturated carbocycles. The molecule has 2 aromatic rings. The van der Waals surface area contributed by atoms with Gasteiger partial charge in [-0.1, -0.05) is 19.4 Å². The molecular formula is C15H17NO4. The van der Waals surface area contributed by atoms with Gasteiger partial charge in [0.15, 0.2) is 6.10 Å². The lowest BCUT2D eigenvalue weighted by atomic mass is 10.1. The molecule has 106 valence electrons. The van der Waals surface area contributed by atoms with Gasteiger partial charge in [0, 0.05) is 11.6 Å². The second-order valence-corrected chi connectivity index (χ2v) is 4.61. The van der Waals surface area contributed by atoms with Gasteiger partial charge in [-0.05, 0) is 31.0 Å². The zero-order chi connectivity index (χ0) is 14.5. The Labute approximate surface area is 116 Å². The Kier molecular flexibility index (Phi) is 4.40. The minimum absolute atomic E-state index is 0.214. The maximum Gasteiger partial charge on any atom is 0.344 e. The summed E-state index contributed by atoms with van der Waals surface area (Å²) in [5, 5.41) is 10.3. The van der Waals surface area contributed by atoms with Gasteiger partial charge < -0.3 is 14.8 Å². The molecule has 0 bridgehead atoms. The number of benzene rings is 1. The number of carboxylic acids is 1. The largest absolute Gasteiger partial charge is 0.479 e. The second kappa shape index (κ2) is 6.23. The summed E-state index contributed by atoms with van der Waals surface area (Å²) in [7, 11) is 0. The van der Waals surface area contributed by atoms with Crippen molar-refractivity contribution in [2.24, 2.45) is 0 Å². The minimum atomic E-state index is -0.986. The van der Waals surface area contributed by atoms with Crippen molar-refractivity contribution in [3.05, 3.63) is 40.8 Å². The minimum Gasteiger partial charge on any atom is -0.479 e. The number of hydrogen-bond donors (Lipinski definition) is 2. The molecule has 2 N–H and O–H groups in total. The standard InChI is InChI=1S/C15H17NO4/c1-2-3-6-13(15(18)19)20-12-7-4-5-11-10(12)8-9-16-14(11)17/h4-5,7-9,13H,2-3,6H2,1H3,(H,16,17)(H,18,19). The van der Waals surface area contributed by atoms with E-state index in [1.807, 2.05) is 6.92 Å². The van der Waals surface area contributed by atoms with Crippen molar-refractivity contribution in [2.75, 3.05) is 0 Å². The first kappa shape index (κ1) is 14.1. The summed E-state index contributed by atoms with van der Waals surface area (Å²) >= 11 is 0. The van der Waals surface area contributed by atoms with Crippen LogP contribution in [-0.2, 0) is 4.79 Å². The number of nitrogens with one attached hydrogen (secondary N) is 1. The van der Waals surface area contributed by atoms with E-state index in [9.17, 15) is 14.7 Å². The number of ether oxygens (including phenoxy) is 1. The maximum atomic E-state index is 11.7. The van der Waals surface area contributed by atoms with E-state index in [1.165, 1.54) is 6.20 Å². The average Bonchev–Trinajstić information content (AvgIpc) is 2.44. The van der Waals surface area contributed by atoms with E-state index >= 15 is 0 Å². The topological polar surface area (TPSA) is 79.4 Å². The van der Waals surface area contributed by atoms with Crippen LogP contribution >= 0.6 is 0 Å². The Morgan fingerprint density at radius 2 is 2.15 bits per heavy atom. The Morgan fingerprint density at radius 1 is 1.35 bits per heavy atom. The lowest BCUT2D eigenvalue weighted by molar-refractivity contribution is -0.145. The molecule has 1 heterocycles. The van der Waals surface area contributed by atoms with E-state index in [0.29, 0.717) is 22.9 Å². The number of rotatable bonds is 6. The number of aromatic nitrogens is 1. The van der Waals surface area contributed by atoms with Gasteiger partial charge in [-0.3, -0.25) is 4.79 Å². The van der Waals surface area contributed by atoms with Crippen LogP contribution in [0.4, 0.5) is 0 Å². The van der Waals surface area contributed by atoms with Gasteiger partial charge in [0.25, 0.3) is 5.56 Å². The van der Waals surface area contributed by atoms with Crippen LogP contribution in [-0.4, -0.2) is 22.2 Å². The van der Waals surface area contributed by atoms with Crippen molar-refractivity contribution in [1.82, 2.24) is 4.98 Å². The van der Waals surface area contributed by atoms with Crippen LogP contribution in [0, 0.1) is 0 Å². The highest BCUT2D eigenvalue weighted by Gasteiger charge is 2.19. The molecule has 0 radical (unpaired) electrons. The number of carboxylic acid groups (broad SMARTS) is 1. The molecule has 2 rings (SSSR count). The molecule has 0 saturated heterocycles. The van der Waals surface area contributed by atoms with Crippen LogP contribution in [0.25, 0.3) is 10.8 Å². The first-order chi connectivity index (χ1) is 9.63. The van der Waals surface area contributed by atoms with Crippen LogP contribution in [0.2, 0.25) is 0 Å². The molecule has 1 aromatic heterocycles. The lowest BCUT2D eigenvalue weighted by Gasteiger charge is -2.16. The Hall–Kier alpha value is -2.30. The fourth-order valence-corrected chi connectivity index (χ4v) is 2.07. The number of hydrogen-bond acceptors (Lipinski definition) is 3. The van der Waals surface area contributed by atoms with E-state index in [1.54, 1.807) is 24.3 Å². The monoisotopic (exact) mass is 275 g/mol. The van der Waals surface area contributed by atoms with Crippen molar-refractivity contribution in [2.45, 2.75) is 32.3 Å². The third-order valence-electron chi connectivity index (χ3n) is 3.14. The van der Waals surface area contributed by atoms with E-state index < -0.39 is 12.1 Å². The van der Waals surface area contributed by atoms with E-state index in [-0.39, 0.29) is 5.56 Å². The second-order valence-electron chi connectivity index (χ2n) is 4.61. The fourth-order valence-electron chi connectivity index (χ4n) is 2.07.